The van der Waals surface area contributed by atoms with Crippen molar-refractivity contribution in [3.63, 3.8) is 0 Å². The van der Waals surface area contributed by atoms with Crippen LogP contribution in [0.4, 0.5) is 11.5 Å². The molecule has 1 aliphatic rings. The summed E-state index contributed by atoms with van der Waals surface area (Å²) >= 11 is 0. The van der Waals surface area contributed by atoms with Gasteiger partial charge >= 0.3 is 0 Å². The van der Waals surface area contributed by atoms with Crippen molar-refractivity contribution in [1.29, 1.82) is 0 Å². The summed E-state index contributed by atoms with van der Waals surface area (Å²) in [5, 5.41) is 19.3. The van der Waals surface area contributed by atoms with E-state index in [9.17, 15) is 10.1 Å². The molecule has 1 saturated heterocycles. The molecule has 4 aromatic rings. The summed E-state index contributed by atoms with van der Waals surface area (Å²) in [4.78, 5) is 16.1. The maximum absolute atomic E-state index is 11.9. The van der Waals surface area contributed by atoms with E-state index in [1.54, 1.807) is 44.4 Å². The highest BCUT2D eigenvalue weighted by atomic mass is 16.9. The highest BCUT2D eigenvalue weighted by Crippen LogP contribution is 2.48. The molecule has 3 N–H and O–H groups in total. The molecule has 2 aromatic carbocycles. The first-order valence-electron chi connectivity index (χ1n) is 9.84. The highest BCUT2D eigenvalue weighted by molar-refractivity contribution is 6.05. The van der Waals surface area contributed by atoms with Crippen LogP contribution in [0.15, 0.2) is 48.5 Å². The Hall–Kier alpha value is -4.02. The van der Waals surface area contributed by atoms with E-state index in [1.165, 1.54) is 6.07 Å². The number of hydrogen-bond donors (Lipinski definition) is 2. The van der Waals surface area contributed by atoms with Crippen LogP contribution in [0.5, 0.6) is 5.75 Å². The Bertz CT molecular complexity index is 1330. The lowest BCUT2D eigenvalue weighted by atomic mass is 9.91. The zero-order valence-corrected chi connectivity index (χ0v) is 17.2. The predicted molar refractivity (Wildman–Crippen MR) is 117 cm³/mol. The van der Waals surface area contributed by atoms with Crippen molar-refractivity contribution in [3.05, 3.63) is 64.2 Å². The molecule has 0 saturated carbocycles. The number of para-hydroxylation sites is 1. The Morgan fingerprint density at radius 2 is 1.88 bits per heavy atom. The van der Waals surface area contributed by atoms with Gasteiger partial charge in [0.1, 0.15) is 11.6 Å². The van der Waals surface area contributed by atoms with Crippen LogP contribution >= 0.6 is 0 Å². The molecule has 2 aromatic heterocycles. The Labute approximate surface area is 182 Å². The van der Waals surface area contributed by atoms with Gasteiger partial charge in [-0.2, -0.15) is 5.10 Å². The number of benzene rings is 2. The number of rotatable bonds is 5. The predicted octanol–water partition coefficient (Wildman–Crippen LogP) is 4.18. The lowest BCUT2D eigenvalue weighted by molar-refractivity contribution is -0.384. The van der Waals surface area contributed by atoms with Gasteiger partial charge in [-0.25, -0.2) is 4.98 Å². The fourth-order valence-electron chi connectivity index (χ4n) is 3.91. The fraction of sp³-hybridized carbons (Fsp3) is 0.182. The average Bonchev–Trinajstić information content (AvgIpc) is 3.16. The van der Waals surface area contributed by atoms with Crippen LogP contribution in [0.25, 0.3) is 33.4 Å². The lowest BCUT2D eigenvalue weighted by Crippen LogP contribution is -2.32. The van der Waals surface area contributed by atoms with Crippen molar-refractivity contribution < 1.29 is 19.1 Å². The number of fused-ring (bicyclic) bond motifs is 1. The van der Waals surface area contributed by atoms with Gasteiger partial charge in [-0.05, 0) is 37.3 Å². The summed E-state index contributed by atoms with van der Waals surface area (Å²) in [6.07, 6.45) is -1.19. The molecular formula is C22H19N5O5. The van der Waals surface area contributed by atoms with Gasteiger partial charge < -0.3 is 19.9 Å². The molecule has 0 amide bonds. The summed E-state index contributed by atoms with van der Waals surface area (Å²) in [6, 6.07) is 13.8. The second-order valence-electron chi connectivity index (χ2n) is 7.26. The Balaban J connectivity index is 1.88. The van der Waals surface area contributed by atoms with Gasteiger partial charge in [0.25, 0.3) is 5.69 Å². The molecular weight excluding hydrogens is 414 g/mol. The monoisotopic (exact) mass is 433 g/mol. The fourth-order valence-corrected chi connectivity index (χ4v) is 3.91. The number of ether oxygens (including phenoxy) is 3. The van der Waals surface area contributed by atoms with Gasteiger partial charge in [0.15, 0.2) is 18.2 Å². The quantitative estimate of drug-likeness (QED) is 0.353. The molecule has 10 nitrogen and oxygen atoms in total. The van der Waals surface area contributed by atoms with Gasteiger partial charge in [-0.15, -0.1) is 0 Å². The van der Waals surface area contributed by atoms with E-state index in [1.807, 2.05) is 12.1 Å². The first-order chi connectivity index (χ1) is 15.5. The van der Waals surface area contributed by atoms with Crippen molar-refractivity contribution in [2.75, 3.05) is 12.8 Å². The van der Waals surface area contributed by atoms with Crippen LogP contribution in [-0.4, -0.2) is 33.5 Å². The number of anilines is 1. The first-order valence-corrected chi connectivity index (χ1v) is 9.84. The normalized spacial score (nSPS) is 17.8. The number of H-pyrrole nitrogens is 1. The molecule has 0 atom stereocenters. The van der Waals surface area contributed by atoms with E-state index in [4.69, 9.17) is 24.9 Å². The number of methoxy groups -OCH3 is 1. The zero-order chi connectivity index (χ0) is 22.4. The van der Waals surface area contributed by atoms with Gasteiger partial charge in [-0.3, -0.25) is 15.2 Å². The average molecular weight is 433 g/mol. The standard InChI is InChI=1S/C22H19N5O5/c1-11-31-22(32-11)17-16(14-5-3-4-6-15(14)27(28)29)18-20(23)25-26-21(18)24-19(17)12-7-9-13(30-2)10-8-12/h3-11,22H,1-2H3,(H3,23,24,25,26). The highest BCUT2D eigenvalue weighted by Gasteiger charge is 2.37. The van der Waals surface area contributed by atoms with Gasteiger partial charge in [0, 0.05) is 22.8 Å². The molecule has 0 unspecified atom stereocenters. The van der Waals surface area contributed by atoms with Gasteiger partial charge in [-0.1, -0.05) is 12.1 Å². The van der Waals surface area contributed by atoms with E-state index < -0.39 is 17.5 Å². The molecule has 1 aliphatic heterocycles. The van der Waals surface area contributed by atoms with E-state index in [2.05, 4.69) is 10.2 Å². The molecule has 0 bridgehead atoms. The number of nitro benzene ring substituents is 1. The van der Waals surface area contributed by atoms with Crippen molar-refractivity contribution >= 4 is 22.5 Å². The van der Waals surface area contributed by atoms with E-state index in [-0.39, 0.29) is 11.5 Å². The number of hydrogen-bond acceptors (Lipinski definition) is 8. The zero-order valence-electron chi connectivity index (χ0n) is 17.2. The number of pyridine rings is 1. The number of nitrogens with one attached hydrogen (secondary N) is 1. The third kappa shape index (κ3) is 3.13. The summed E-state index contributed by atoms with van der Waals surface area (Å²) < 4.78 is 16.9. The number of nitrogens with zero attached hydrogens (tertiary/aromatic N) is 3. The molecule has 5 rings (SSSR count). The van der Waals surface area contributed by atoms with Crippen LogP contribution in [0, 0.1) is 10.1 Å². The third-order valence-electron chi connectivity index (χ3n) is 5.37. The van der Waals surface area contributed by atoms with Crippen LogP contribution in [0.1, 0.15) is 18.8 Å². The minimum atomic E-state index is -0.775. The maximum atomic E-state index is 11.9. The molecule has 10 heteroatoms. The Kier molecular flexibility index (Phi) is 4.72. The summed E-state index contributed by atoms with van der Waals surface area (Å²) in [5.41, 5.74) is 9.14. The largest absolute Gasteiger partial charge is 0.497 e. The van der Waals surface area contributed by atoms with Crippen LogP contribution in [0.3, 0.4) is 0 Å². The second kappa shape index (κ2) is 7.59. The second-order valence-corrected chi connectivity index (χ2v) is 7.26. The summed E-state index contributed by atoms with van der Waals surface area (Å²) in [6.45, 7) is 1.77. The lowest BCUT2D eigenvalue weighted by Gasteiger charge is -2.36. The number of aromatic amines is 1. The Morgan fingerprint density at radius 1 is 1.16 bits per heavy atom. The summed E-state index contributed by atoms with van der Waals surface area (Å²) in [5.74, 6) is 0.930. The molecule has 1 fully saturated rings. The topological polar surface area (TPSA) is 138 Å². The smallest absolute Gasteiger partial charge is 0.277 e. The van der Waals surface area contributed by atoms with Crippen molar-refractivity contribution in [2.45, 2.75) is 19.5 Å². The molecule has 3 heterocycles. The molecule has 0 spiro atoms. The molecule has 32 heavy (non-hydrogen) atoms. The minimum absolute atomic E-state index is 0.0742. The Morgan fingerprint density at radius 3 is 2.53 bits per heavy atom. The number of nitrogens with two attached hydrogens (primary N) is 1. The summed E-state index contributed by atoms with van der Waals surface area (Å²) in [7, 11) is 1.58. The van der Waals surface area contributed by atoms with Crippen LogP contribution in [0.2, 0.25) is 0 Å². The van der Waals surface area contributed by atoms with Crippen LogP contribution < -0.4 is 10.5 Å². The van der Waals surface area contributed by atoms with Crippen molar-refractivity contribution in [2.24, 2.45) is 0 Å². The molecule has 0 radical (unpaired) electrons. The number of aromatic nitrogens is 3. The van der Waals surface area contributed by atoms with E-state index >= 15 is 0 Å². The van der Waals surface area contributed by atoms with Gasteiger partial charge in [0.05, 0.1) is 28.7 Å². The van der Waals surface area contributed by atoms with E-state index in [0.29, 0.717) is 39.2 Å². The molecule has 162 valence electrons. The van der Waals surface area contributed by atoms with Crippen molar-refractivity contribution in [3.8, 4) is 28.1 Å². The molecule has 0 aliphatic carbocycles. The maximum Gasteiger partial charge on any atom is 0.277 e. The van der Waals surface area contributed by atoms with Crippen LogP contribution in [-0.2, 0) is 9.47 Å². The third-order valence-corrected chi connectivity index (χ3v) is 5.37. The first kappa shape index (κ1) is 19.9. The number of nitrogen functional groups attached to an aromatic ring is 1. The van der Waals surface area contributed by atoms with Gasteiger partial charge in [0.2, 0.25) is 0 Å². The minimum Gasteiger partial charge on any atom is -0.497 e. The van der Waals surface area contributed by atoms with E-state index in [0.717, 1.165) is 5.56 Å². The van der Waals surface area contributed by atoms with Crippen molar-refractivity contribution in [1.82, 2.24) is 15.2 Å². The number of nitro groups is 1. The SMILES string of the molecule is COc1ccc(-c2nc3n[nH]c(N)c3c(-c3ccccc3[N+](=O)[O-])c2C2OC(C)O2)cc1.